The van der Waals surface area contributed by atoms with E-state index >= 15 is 0 Å². The molecule has 0 unspecified atom stereocenters. The van der Waals surface area contributed by atoms with Gasteiger partial charge in [0.05, 0.1) is 18.8 Å². The van der Waals surface area contributed by atoms with E-state index in [1.54, 1.807) is 11.8 Å². The highest BCUT2D eigenvalue weighted by Crippen LogP contribution is 2.33. The molecular weight excluding hydrogens is 478 g/mol. The summed E-state index contributed by atoms with van der Waals surface area (Å²) in [6.07, 6.45) is 6.31. The summed E-state index contributed by atoms with van der Waals surface area (Å²) in [6.45, 7) is 7.00. The summed E-state index contributed by atoms with van der Waals surface area (Å²) < 4.78 is 12.9. The molecule has 8 heteroatoms. The third kappa shape index (κ3) is 5.56. The summed E-state index contributed by atoms with van der Waals surface area (Å²) in [5.74, 6) is 0.671. The van der Waals surface area contributed by atoms with Gasteiger partial charge in [-0.15, -0.1) is 0 Å². The van der Waals surface area contributed by atoms with Crippen LogP contribution in [0.25, 0.3) is 11.1 Å². The van der Waals surface area contributed by atoms with E-state index < -0.39 is 0 Å². The molecule has 1 aromatic heterocycles. The van der Waals surface area contributed by atoms with E-state index in [1.807, 2.05) is 45.4 Å². The van der Waals surface area contributed by atoms with Crippen molar-refractivity contribution in [3.8, 4) is 16.9 Å². The van der Waals surface area contributed by atoms with Gasteiger partial charge >= 0.3 is 0 Å². The lowest BCUT2D eigenvalue weighted by molar-refractivity contribution is 0.0939. The number of hydrogen-bond donors (Lipinski definition) is 1. The van der Waals surface area contributed by atoms with E-state index in [4.69, 9.17) is 9.47 Å². The van der Waals surface area contributed by atoms with Crippen molar-refractivity contribution in [1.29, 1.82) is 0 Å². The summed E-state index contributed by atoms with van der Waals surface area (Å²) in [5, 5.41) is 7.55. The Morgan fingerprint density at radius 2 is 1.84 bits per heavy atom. The molecule has 2 saturated heterocycles. The van der Waals surface area contributed by atoms with E-state index in [0.29, 0.717) is 25.3 Å². The van der Waals surface area contributed by atoms with E-state index in [-0.39, 0.29) is 11.9 Å². The minimum atomic E-state index is -0.216. The van der Waals surface area contributed by atoms with Crippen LogP contribution in [0.1, 0.15) is 47.3 Å². The Morgan fingerprint density at radius 1 is 1.08 bits per heavy atom. The van der Waals surface area contributed by atoms with Gasteiger partial charge in [-0.2, -0.15) is 5.10 Å². The molecular formula is C30H39N5O3. The first-order valence-electron chi connectivity index (χ1n) is 13.5. The monoisotopic (exact) mass is 517 g/mol. The van der Waals surface area contributed by atoms with Crippen LogP contribution in [0.5, 0.6) is 5.75 Å². The number of likely N-dealkylation sites (N-methyl/N-ethyl adjacent to an activating group) is 1. The van der Waals surface area contributed by atoms with E-state index in [2.05, 4.69) is 51.5 Å². The second-order valence-corrected chi connectivity index (χ2v) is 10.7. The molecule has 38 heavy (non-hydrogen) atoms. The van der Waals surface area contributed by atoms with Crippen molar-refractivity contribution in [1.82, 2.24) is 20.0 Å². The largest absolute Gasteiger partial charge is 0.491 e. The molecule has 202 valence electrons. The van der Waals surface area contributed by atoms with Crippen LogP contribution in [0.3, 0.4) is 0 Å². The molecule has 1 N–H and O–H groups in total. The lowest BCUT2D eigenvalue weighted by Crippen LogP contribution is -2.52. The number of fused-ring (bicyclic) bond motifs is 2. The molecule has 2 aromatic carbocycles. The first kappa shape index (κ1) is 26.3. The number of carbonyl (C=O) groups excluding carboxylic acids is 1. The van der Waals surface area contributed by atoms with Crippen LogP contribution >= 0.6 is 0 Å². The third-order valence-corrected chi connectivity index (χ3v) is 8.05. The standard InChI is InChI=1S/C30H39N5O3/c1-20-6-7-25(35-18-26-8-9-27(19-35)34(26)4)15-29(20)30(36)32-21(2)22-12-23(24-16-31-33(3)17-24)14-28(13-22)38-11-10-37-5/h6-7,12-17,21,26-27H,8-11,18-19H2,1-5H3,(H,32,36)/t21-,26-,27+/m1/s1. The van der Waals surface area contributed by atoms with Crippen LogP contribution in [-0.4, -0.2) is 73.1 Å². The molecule has 2 aliphatic heterocycles. The van der Waals surface area contributed by atoms with Crippen molar-refractivity contribution in [2.75, 3.05) is 45.4 Å². The fourth-order valence-electron chi connectivity index (χ4n) is 5.67. The topological polar surface area (TPSA) is 71.9 Å². The number of ether oxygens (including phenoxy) is 2. The molecule has 2 bridgehead atoms. The number of carbonyl (C=O) groups is 1. The quantitative estimate of drug-likeness (QED) is 0.429. The van der Waals surface area contributed by atoms with Gasteiger partial charge in [0.25, 0.3) is 5.91 Å². The maximum atomic E-state index is 13.5. The van der Waals surface area contributed by atoms with Crippen LogP contribution < -0.4 is 15.0 Å². The first-order chi connectivity index (χ1) is 18.3. The normalized spacial score (nSPS) is 20.0. The molecule has 1 amide bonds. The van der Waals surface area contributed by atoms with E-state index in [0.717, 1.165) is 52.3 Å². The van der Waals surface area contributed by atoms with Crippen molar-refractivity contribution in [2.45, 2.75) is 44.8 Å². The summed E-state index contributed by atoms with van der Waals surface area (Å²) in [5.41, 5.74) is 5.78. The van der Waals surface area contributed by atoms with Crippen LogP contribution in [0.4, 0.5) is 5.69 Å². The Morgan fingerprint density at radius 3 is 2.53 bits per heavy atom. The Balaban J connectivity index is 1.35. The molecule has 0 saturated carbocycles. The number of aromatic nitrogens is 2. The van der Waals surface area contributed by atoms with Gasteiger partial charge in [0.2, 0.25) is 0 Å². The first-order valence-corrected chi connectivity index (χ1v) is 13.5. The van der Waals surface area contributed by atoms with Gasteiger partial charge in [0.1, 0.15) is 12.4 Å². The van der Waals surface area contributed by atoms with Gasteiger partial charge in [-0.05, 0) is 80.8 Å². The molecule has 2 fully saturated rings. The second-order valence-electron chi connectivity index (χ2n) is 10.7. The van der Waals surface area contributed by atoms with Crippen LogP contribution in [0.2, 0.25) is 0 Å². The van der Waals surface area contributed by atoms with Crippen molar-refractivity contribution in [2.24, 2.45) is 7.05 Å². The van der Waals surface area contributed by atoms with Crippen molar-refractivity contribution < 1.29 is 14.3 Å². The summed E-state index contributed by atoms with van der Waals surface area (Å²) in [4.78, 5) is 18.5. The van der Waals surface area contributed by atoms with Crippen molar-refractivity contribution >= 4 is 11.6 Å². The number of nitrogens with zero attached hydrogens (tertiary/aromatic N) is 4. The van der Waals surface area contributed by atoms with Gasteiger partial charge in [-0.3, -0.25) is 14.4 Å². The summed E-state index contributed by atoms with van der Waals surface area (Å²) >= 11 is 0. The number of rotatable bonds is 9. The maximum Gasteiger partial charge on any atom is 0.252 e. The van der Waals surface area contributed by atoms with Crippen LogP contribution in [0.15, 0.2) is 48.8 Å². The number of anilines is 1. The number of hydrogen-bond acceptors (Lipinski definition) is 6. The zero-order chi connectivity index (χ0) is 26.8. The molecule has 2 aliphatic rings. The molecule has 8 nitrogen and oxygen atoms in total. The molecule has 0 spiro atoms. The Kier molecular flexibility index (Phi) is 7.72. The summed E-state index contributed by atoms with van der Waals surface area (Å²) in [6, 6.07) is 13.3. The number of nitrogens with one attached hydrogen (secondary N) is 1. The van der Waals surface area contributed by atoms with Crippen molar-refractivity contribution in [3.63, 3.8) is 0 Å². The molecule has 3 heterocycles. The number of amides is 1. The van der Waals surface area contributed by atoms with E-state index in [1.165, 1.54) is 12.8 Å². The zero-order valence-electron chi connectivity index (χ0n) is 23.1. The smallest absolute Gasteiger partial charge is 0.252 e. The molecule has 5 rings (SSSR count). The van der Waals surface area contributed by atoms with Crippen LogP contribution in [-0.2, 0) is 11.8 Å². The number of piperazine rings is 1. The average molecular weight is 518 g/mol. The highest BCUT2D eigenvalue weighted by Gasteiger charge is 2.37. The van der Waals surface area contributed by atoms with Crippen molar-refractivity contribution in [3.05, 3.63) is 65.5 Å². The number of methoxy groups -OCH3 is 1. The van der Waals surface area contributed by atoms with Gasteiger partial charge in [-0.25, -0.2) is 0 Å². The zero-order valence-corrected chi connectivity index (χ0v) is 23.1. The molecule has 3 aromatic rings. The summed E-state index contributed by atoms with van der Waals surface area (Å²) in [7, 11) is 5.80. The lowest BCUT2D eigenvalue weighted by Gasteiger charge is -2.40. The average Bonchev–Trinajstić information content (AvgIpc) is 3.41. The van der Waals surface area contributed by atoms with Crippen LogP contribution in [0, 0.1) is 6.92 Å². The molecule has 0 radical (unpaired) electrons. The van der Waals surface area contributed by atoms with E-state index in [9.17, 15) is 4.79 Å². The van der Waals surface area contributed by atoms with Gasteiger partial charge in [0.15, 0.2) is 0 Å². The van der Waals surface area contributed by atoms with Gasteiger partial charge in [0, 0.05) is 62.3 Å². The Bertz CT molecular complexity index is 1270. The lowest BCUT2D eigenvalue weighted by atomic mass is 10.0. The highest BCUT2D eigenvalue weighted by atomic mass is 16.5. The molecule has 0 aliphatic carbocycles. The minimum absolute atomic E-state index is 0.0671. The minimum Gasteiger partial charge on any atom is -0.491 e. The van der Waals surface area contributed by atoms with Gasteiger partial charge in [-0.1, -0.05) is 6.07 Å². The second kappa shape index (κ2) is 11.2. The Labute approximate surface area is 225 Å². The van der Waals surface area contributed by atoms with Gasteiger partial charge < -0.3 is 19.7 Å². The fourth-order valence-corrected chi connectivity index (χ4v) is 5.67. The third-order valence-electron chi connectivity index (χ3n) is 8.05. The highest BCUT2D eigenvalue weighted by molar-refractivity contribution is 5.97. The molecule has 3 atom stereocenters. The predicted octanol–water partition coefficient (Wildman–Crippen LogP) is 4.19. The number of aryl methyl sites for hydroxylation is 2. The predicted molar refractivity (Wildman–Crippen MR) is 150 cm³/mol. The number of benzene rings is 2. The fraction of sp³-hybridized carbons (Fsp3) is 0.467. The maximum absolute atomic E-state index is 13.5. The Hall–Kier alpha value is -3.36. The SMILES string of the molecule is COCCOc1cc(-c2cnn(C)c2)cc([C@@H](C)NC(=O)c2cc(N3C[C@H]4CC[C@@H](C3)N4C)ccc2C)c1.